The highest BCUT2D eigenvalue weighted by atomic mass is 35.5. The summed E-state index contributed by atoms with van der Waals surface area (Å²) in [7, 11) is 0. The summed E-state index contributed by atoms with van der Waals surface area (Å²) in [5.74, 6) is 0.361. The van der Waals surface area contributed by atoms with E-state index in [1.165, 1.54) is 6.92 Å². The van der Waals surface area contributed by atoms with Crippen LogP contribution in [0.5, 0.6) is 0 Å². The molecule has 0 unspecified atom stereocenters. The number of nitrogens with zero attached hydrogens (tertiary/aromatic N) is 2. The minimum Gasteiger partial charge on any atom is -0.392 e. The Morgan fingerprint density at radius 2 is 2.04 bits per heavy atom. The fourth-order valence-electron chi connectivity index (χ4n) is 2.40. The van der Waals surface area contributed by atoms with Crippen LogP contribution in [0.4, 0.5) is 5.82 Å². The van der Waals surface area contributed by atoms with E-state index in [4.69, 9.17) is 11.6 Å². The van der Waals surface area contributed by atoms with E-state index in [9.17, 15) is 14.7 Å². The average molecular weight is 381 g/mol. The van der Waals surface area contributed by atoms with E-state index in [1.54, 1.807) is 40.7 Å². The van der Waals surface area contributed by atoms with Crippen LogP contribution in [-0.4, -0.2) is 39.4 Å². The number of halogens is 1. The highest BCUT2D eigenvalue weighted by molar-refractivity contribution is 7.98. The molecule has 0 spiro atoms. The lowest BCUT2D eigenvalue weighted by Crippen LogP contribution is -2.39. The van der Waals surface area contributed by atoms with Gasteiger partial charge in [0.25, 0.3) is 0 Å². The van der Waals surface area contributed by atoms with Gasteiger partial charge in [-0.15, -0.1) is 0 Å². The first-order valence-electron chi connectivity index (χ1n) is 7.67. The van der Waals surface area contributed by atoms with Gasteiger partial charge in [-0.05, 0) is 31.2 Å². The number of fused-ring (bicyclic) bond motifs is 1. The van der Waals surface area contributed by atoms with Gasteiger partial charge >= 0.3 is 11.8 Å². The van der Waals surface area contributed by atoms with Crippen LogP contribution in [0.2, 0.25) is 5.02 Å². The van der Waals surface area contributed by atoms with E-state index in [0.29, 0.717) is 16.6 Å². The van der Waals surface area contributed by atoms with Gasteiger partial charge in [0.05, 0.1) is 17.5 Å². The number of carbonyl (C=O) groups excluding carboxylic acids is 2. The maximum Gasteiger partial charge on any atom is 0.314 e. The van der Waals surface area contributed by atoms with Gasteiger partial charge in [0, 0.05) is 28.6 Å². The molecule has 0 bridgehead atoms. The second-order valence-electron chi connectivity index (χ2n) is 5.67. The Labute approximate surface area is 153 Å². The van der Waals surface area contributed by atoms with Crippen molar-refractivity contribution in [3.05, 3.63) is 40.5 Å². The molecule has 132 valence electrons. The summed E-state index contributed by atoms with van der Waals surface area (Å²) in [5.41, 5.74) is 2.54. The Kier molecular flexibility index (Phi) is 5.31. The van der Waals surface area contributed by atoms with Crippen molar-refractivity contribution in [1.82, 2.24) is 15.1 Å². The maximum atomic E-state index is 12.2. The predicted octanol–water partition coefficient (Wildman–Crippen LogP) is 1.71. The van der Waals surface area contributed by atoms with Crippen molar-refractivity contribution in [3.8, 4) is 5.69 Å². The lowest BCUT2D eigenvalue weighted by Gasteiger charge is -2.11. The Balaban J connectivity index is 1.86. The molecular formula is C16H17ClN4O3S. The van der Waals surface area contributed by atoms with Gasteiger partial charge in [-0.25, -0.2) is 4.68 Å². The number of rotatable bonds is 4. The molecule has 0 fully saturated rings. The highest BCUT2D eigenvalue weighted by Crippen LogP contribution is 2.36. The first-order chi connectivity index (χ1) is 12.0. The topological polar surface area (TPSA) is 96.2 Å². The molecular weight excluding hydrogens is 364 g/mol. The number of hydrogen-bond donors (Lipinski definition) is 3. The van der Waals surface area contributed by atoms with E-state index in [1.807, 2.05) is 0 Å². The fourth-order valence-corrected chi connectivity index (χ4v) is 3.56. The average Bonchev–Trinajstić information content (AvgIpc) is 3.16. The van der Waals surface area contributed by atoms with Crippen molar-refractivity contribution in [1.29, 1.82) is 0 Å². The van der Waals surface area contributed by atoms with Gasteiger partial charge in [0.2, 0.25) is 0 Å². The van der Waals surface area contributed by atoms with Crippen LogP contribution in [0.25, 0.3) is 5.69 Å². The van der Waals surface area contributed by atoms with Gasteiger partial charge in [-0.1, -0.05) is 11.6 Å². The molecule has 2 amide bonds. The lowest BCUT2D eigenvalue weighted by atomic mass is 10.2. The van der Waals surface area contributed by atoms with E-state index >= 15 is 0 Å². The number of aliphatic hydroxyl groups is 1. The summed E-state index contributed by atoms with van der Waals surface area (Å²) >= 11 is 7.62. The van der Waals surface area contributed by atoms with Crippen LogP contribution < -0.4 is 10.6 Å². The van der Waals surface area contributed by atoms with Crippen molar-refractivity contribution in [2.45, 2.75) is 24.5 Å². The summed E-state index contributed by atoms with van der Waals surface area (Å²) in [6.45, 7) is 1.54. The summed E-state index contributed by atoms with van der Waals surface area (Å²) in [6, 6.07) is 7.06. The van der Waals surface area contributed by atoms with Crippen molar-refractivity contribution in [3.63, 3.8) is 0 Å². The van der Waals surface area contributed by atoms with Crippen molar-refractivity contribution in [2.75, 3.05) is 11.9 Å². The number of aliphatic hydroxyl groups excluding tert-OH is 1. The molecule has 2 heterocycles. The Morgan fingerprint density at radius 1 is 1.32 bits per heavy atom. The largest absolute Gasteiger partial charge is 0.392 e. The van der Waals surface area contributed by atoms with Crippen LogP contribution in [0.15, 0.2) is 24.3 Å². The minimum atomic E-state index is -0.802. The van der Waals surface area contributed by atoms with Crippen molar-refractivity contribution >= 4 is 41.0 Å². The summed E-state index contributed by atoms with van der Waals surface area (Å²) in [4.78, 5) is 24.1. The number of thioether (sulfide) groups is 1. The summed E-state index contributed by atoms with van der Waals surface area (Å²) in [5, 5.41) is 19.4. The molecule has 3 N–H and O–H groups in total. The molecule has 9 heteroatoms. The number of amides is 2. The van der Waals surface area contributed by atoms with E-state index in [0.717, 1.165) is 22.7 Å². The molecule has 1 atom stereocenters. The minimum absolute atomic E-state index is 0.0106. The van der Waals surface area contributed by atoms with Crippen molar-refractivity contribution in [2.24, 2.45) is 0 Å². The second kappa shape index (κ2) is 7.47. The molecule has 3 rings (SSSR count). The van der Waals surface area contributed by atoms with Crippen LogP contribution in [0, 0.1) is 0 Å². The van der Waals surface area contributed by atoms with Crippen LogP contribution >= 0.6 is 23.4 Å². The summed E-state index contributed by atoms with van der Waals surface area (Å²) in [6.07, 6.45) is -0.725. The summed E-state index contributed by atoms with van der Waals surface area (Å²) < 4.78 is 1.61. The highest BCUT2D eigenvalue weighted by Gasteiger charge is 2.26. The van der Waals surface area contributed by atoms with E-state index in [2.05, 4.69) is 15.7 Å². The molecule has 2 aromatic rings. The standard InChI is InChI=1S/C16H17ClN4O3S/c1-9(22)6-18-15(23)16(24)19-14-12-7-25-8-13(12)20-21(14)11-4-2-10(17)3-5-11/h2-5,9,22H,6-8H2,1H3,(H,18,23)(H,19,24)/t9-/m0/s1. The number of aromatic nitrogens is 2. The van der Waals surface area contributed by atoms with Crippen LogP contribution in [-0.2, 0) is 21.1 Å². The third-order valence-electron chi connectivity index (χ3n) is 3.62. The Hall–Kier alpha value is -2.03. The number of nitrogens with one attached hydrogen (secondary N) is 2. The Bertz CT molecular complexity index is 804. The molecule has 0 radical (unpaired) electrons. The number of anilines is 1. The zero-order chi connectivity index (χ0) is 18.0. The van der Waals surface area contributed by atoms with Gasteiger partial charge in [0.15, 0.2) is 0 Å². The van der Waals surface area contributed by atoms with Crippen LogP contribution in [0.3, 0.4) is 0 Å². The maximum absolute atomic E-state index is 12.2. The predicted molar refractivity (Wildman–Crippen MR) is 96.9 cm³/mol. The molecule has 25 heavy (non-hydrogen) atoms. The van der Waals surface area contributed by atoms with Gasteiger partial charge in [-0.3, -0.25) is 9.59 Å². The number of carbonyl (C=O) groups is 2. The quantitative estimate of drug-likeness (QED) is 0.702. The molecule has 0 saturated heterocycles. The van der Waals surface area contributed by atoms with Crippen molar-refractivity contribution < 1.29 is 14.7 Å². The normalized spacial score (nSPS) is 14.0. The number of benzene rings is 1. The molecule has 1 aromatic carbocycles. The first-order valence-corrected chi connectivity index (χ1v) is 9.20. The lowest BCUT2D eigenvalue weighted by molar-refractivity contribution is -0.136. The van der Waals surface area contributed by atoms with Gasteiger partial charge < -0.3 is 15.7 Å². The molecule has 7 nitrogen and oxygen atoms in total. The molecule has 1 aromatic heterocycles. The zero-order valence-electron chi connectivity index (χ0n) is 13.5. The van der Waals surface area contributed by atoms with E-state index in [-0.39, 0.29) is 6.54 Å². The zero-order valence-corrected chi connectivity index (χ0v) is 15.0. The first kappa shape index (κ1) is 17.8. The molecule has 0 saturated carbocycles. The SMILES string of the molecule is C[C@H](O)CNC(=O)C(=O)Nc1c2c(nn1-c1ccc(Cl)cc1)CSC2. The fraction of sp³-hybridized carbons (Fsp3) is 0.312. The van der Waals surface area contributed by atoms with E-state index < -0.39 is 17.9 Å². The van der Waals surface area contributed by atoms with Crippen LogP contribution in [0.1, 0.15) is 18.2 Å². The number of hydrogen-bond acceptors (Lipinski definition) is 5. The van der Waals surface area contributed by atoms with Gasteiger partial charge in [0.1, 0.15) is 5.82 Å². The monoisotopic (exact) mass is 380 g/mol. The smallest absolute Gasteiger partial charge is 0.314 e. The third kappa shape index (κ3) is 3.97. The molecule has 0 aliphatic carbocycles. The molecule has 1 aliphatic rings. The third-order valence-corrected chi connectivity index (χ3v) is 4.84. The van der Waals surface area contributed by atoms with Gasteiger partial charge in [-0.2, -0.15) is 16.9 Å². The molecule has 1 aliphatic heterocycles. The second-order valence-corrected chi connectivity index (χ2v) is 7.09. The Morgan fingerprint density at radius 3 is 2.72 bits per heavy atom.